The molecule has 0 amide bonds. The fourth-order valence-electron chi connectivity index (χ4n) is 0.812. The normalized spacial score (nSPS) is 10.7. The summed E-state index contributed by atoms with van der Waals surface area (Å²) >= 11 is 1.22. The SMILES string of the molecule is CN/N=C/n1cc([N+](=O)[O-])c(SC)n1. The molecule has 8 heteroatoms. The first-order chi connectivity index (χ1) is 6.69. The summed E-state index contributed by atoms with van der Waals surface area (Å²) in [5, 5.41) is 18.5. The number of nitrogens with one attached hydrogen (secondary N) is 1. The first-order valence-corrected chi connectivity index (χ1v) is 4.89. The van der Waals surface area contributed by atoms with E-state index < -0.39 is 4.92 Å². The van der Waals surface area contributed by atoms with Crippen molar-refractivity contribution in [3.8, 4) is 0 Å². The lowest BCUT2D eigenvalue weighted by atomic mass is 10.6. The van der Waals surface area contributed by atoms with E-state index in [0.717, 1.165) is 0 Å². The van der Waals surface area contributed by atoms with Crippen LogP contribution in [0.3, 0.4) is 0 Å². The quantitative estimate of drug-likeness (QED) is 0.260. The smallest absolute Gasteiger partial charge is 0.312 e. The molecule has 1 rings (SSSR count). The second kappa shape index (κ2) is 4.61. The van der Waals surface area contributed by atoms with E-state index in [-0.39, 0.29) is 5.69 Å². The highest BCUT2D eigenvalue weighted by atomic mass is 32.2. The summed E-state index contributed by atoms with van der Waals surface area (Å²) in [7, 11) is 1.63. The zero-order chi connectivity index (χ0) is 10.6. The maximum absolute atomic E-state index is 10.5. The lowest BCUT2D eigenvalue weighted by molar-refractivity contribution is -0.387. The van der Waals surface area contributed by atoms with Crippen LogP contribution in [-0.4, -0.2) is 34.3 Å². The van der Waals surface area contributed by atoms with E-state index >= 15 is 0 Å². The van der Waals surface area contributed by atoms with Crippen LogP contribution in [0.2, 0.25) is 0 Å². The van der Waals surface area contributed by atoms with Crippen molar-refractivity contribution >= 4 is 23.8 Å². The molecule has 0 saturated carbocycles. The van der Waals surface area contributed by atoms with Crippen LogP contribution in [0.1, 0.15) is 0 Å². The molecule has 0 saturated heterocycles. The van der Waals surface area contributed by atoms with Crippen molar-refractivity contribution in [3.63, 3.8) is 0 Å². The summed E-state index contributed by atoms with van der Waals surface area (Å²) in [4.78, 5) is 10.1. The van der Waals surface area contributed by atoms with Gasteiger partial charge < -0.3 is 5.43 Å². The largest absolute Gasteiger partial charge is 0.321 e. The van der Waals surface area contributed by atoms with Gasteiger partial charge in [-0.15, -0.1) is 11.8 Å². The minimum atomic E-state index is -0.470. The highest BCUT2D eigenvalue weighted by Crippen LogP contribution is 2.24. The number of hydrogen-bond acceptors (Lipinski definition) is 6. The van der Waals surface area contributed by atoms with E-state index in [9.17, 15) is 10.1 Å². The van der Waals surface area contributed by atoms with Gasteiger partial charge in [-0.2, -0.15) is 10.2 Å². The maximum Gasteiger partial charge on any atom is 0.321 e. The molecule has 0 aliphatic carbocycles. The Morgan fingerprint density at radius 2 is 2.57 bits per heavy atom. The molecule has 7 nitrogen and oxygen atoms in total. The molecular weight excluding hydrogens is 206 g/mol. The third-order valence-corrected chi connectivity index (χ3v) is 2.05. The van der Waals surface area contributed by atoms with Crippen molar-refractivity contribution in [3.05, 3.63) is 16.3 Å². The van der Waals surface area contributed by atoms with E-state index in [1.165, 1.54) is 29.0 Å². The molecule has 0 spiro atoms. The van der Waals surface area contributed by atoms with Crippen LogP contribution >= 0.6 is 11.8 Å². The molecule has 1 aromatic rings. The molecule has 0 aromatic carbocycles. The summed E-state index contributed by atoms with van der Waals surface area (Å²) in [6, 6.07) is 0. The minimum absolute atomic E-state index is 0.0138. The average molecular weight is 215 g/mol. The first kappa shape index (κ1) is 10.5. The van der Waals surface area contributed by atoms with Gasteiger partial charge in [0.05, 0.1) is 4.92 Å². The predicted octanol–water partition coefficient (Wildman–Crippen LogP) is 0.524. The van der Waals surface area contributed by atoms with Gasteiger partial charge in [-0.05, 0) is 6.26 Å². The van der Waals surface area contributed by atoms with E-state index in [4.69, 9.17) is 0 Å². The first-order valence-electron chi connectivity index (χ1n) is 3.66. The molecular formula is C6H9N5O2S. The second-order valence-corrected chi connectivity index (χ2v) is 3.02. The maximum atomic E-state index is 10.5. The van der Waals surface area contributed by atoms with Crippen LogP contribution < -0.4 is 5.43 Å². The number of thioether (sulfide) groups is 1. The van der Waals surface area contributed by atoms with Gasteiger partial charge >= 0.3 is 5.69 Å². The van der Waals surface area contributed by atoms with Crippen molar-refractivity contribution < 1.29 is 4.92 Å². The number of nitrogens with zero attached hydrogens (tertiary/aromatic N) is 4. The Morgan fingerprint density at radius 3 is 3.00 bits per heavy atom. The molecule has 1 N–H and O–H groups in total. The Kier molecular flexibility index (Phi) is 3.46. The van der Waals surface area contributed by atoms with Gasteiger partial charge in [0.25, 0.3) is 0 Å². The zero-order valence-electron chi connectivity index (χ0n) is 7.67. The van der Waals surface area contributed by atoms with Crippen LogP contribution in [0.5, 0.6) is 0 Å². The summed E-state index contributed by atoms with van der Waals surface area (Å²) in [6.45, 7) is 0. The second-order valence-electron chi connectivity index (χ2n) is 2.23. The third-order valence-electron chi connectivity index (χ3n) is 1.38. The molecule has 0 aliphatic rings. The van der Waals surface area contributed by atoms with Gasteiger partial charge in [0.2, 0.25) is 0 Å². The molecule has 0 aliphatic heterocycles. The fraction of sp³-hybridized carbons (Fsp3) is 0.333. The lowest BCUT2D eigenvalue weighted by Crippen LogP contribution is -2.01. The highest BCUT2D eigenvalue weighted by Gasteiger charge is 2.17. The number of aromatic nitrogens is 2. The predicted molar refractivity (Wildman–Crippen MR) is 53.6 cm³/mol. The monoisotopic (exact) mass is 215 g/mol. The molecule has 0 bridgehead atoms. The van der Waals surface area contributed by atoms with Crippen molar-refractivity contribution in [2.24, 2.45) is 5.10 Å². The van der Waals surface area contributed by atoms with Crippen molar-refractivity contribution in [2.75, 3.05) is 13.3 Å². The molecule has 76 valence electrons. The van der Waals surface area contributed by atoms with Crippen LogP contribution in [0.4, 0.5) is 5.69 Å². The Labute approximate surface area is 84.3 Å². The molecule has 14 heavy (non-hydrogen) atoms. The Bertz CT molecular complexity index is 361. The van der Waals surface area contributed by atoms with E-state index in [0.29, 0.717) is 5.03 Å². The molecule has 0 fully saturated rings. The van der Waals surface area contributed by atoms with Gasteiger partial charge in [-0.3, -0.25) is 10.1 Å². The topological polar surface area (TPSA) is 85.3 Å². The van der Waals surface area contributed by atoms with Crippen LogP contribution in [0, 0.1) is 10.1 Å². The van der Waals surface area contributed by atoms with Gasteiger partial charge in [-0.25, -0.2) is 4.68 Å². The Balaban J connectivity index is 3.00. The summed E-state index contributed by atoms with van der Waals surface area (Å²) in [6.07, 6.45) is 4.40. The van der Waals surface area contributed by atoms with Gasteiger partial charge in [0, 0.05) is 7.05 Å². The Hall–Kier alpha value is -1.57. The standard InChI is InChI=1S/C6H9N5O2S/c1-7-8-4-10-3-5(11(12)13)6(9-10)14-2/h3-4,7H,1-2H3/b8-4+. The summed E-state index contributed by atoms with van der Waals surface area (Å²) < 4.78 is 1.29. The number of hydrazone groups is 1. The van der Waals surface area contributed by atoms with Crippen molar-refractivity contribution in [1.29, 1.82) is 0 Å². The van der Waals surface area contributed by atoms with Crippen LogP contribution in [0.15, 0.2) is 16.3 Å². The Morgan fingerprint density at radius 1 is 1.86 bits per heavy atom. The number of nitro groups is 1. The number of rotatable bonds is 4. The molecule has 0 unspecified atom stereocenters. The lowest BCUT2D eigenvalue weighted by Gasteiger charge is -1.87. The molecule has 0 radical (unpaired) electrons. The zero-order valence-corrected chi connectivity index (χ0v) is 8.48. The molecule has 1 heterocycles. The summed E-state index contributed by atoms with van der Waals surface area (Å²) in [5.74, 6) is 0. The van der Waals surface area contributed by atoms with Gasteiger partial charge in [0.1, 0.15) is 12.5 Å². The van der Waals surface area contributed by atoms with Crippen LogP contribution in [0.25, 0.3) is 0 Å². The van der Waals surface area contributed by atoms with Crippen molar-refractivity contribution in [1.82, 2.24) is 15.2 Å². The van der Waals surface area contributed by atoms with E-state index in [1.807, 2.05) is 0 Å². The fourth-order valence-corrected chi connectivity index (χ4v) is 1.32. The van der Waals surface area contributed by atoms with Gasteiger partial charge in [-0.1, -0.05) is 0 Å². The van der Waals surface area contributed by atoms with E-state index in [2.05, 4.69) is 15.6 Å². The van der Waals surface area contributed by atoms with Crippen molar-refractivity contribution in [2.45, 2.75) is 5.03 Å². The molecule has 1 aromatic heterocycles. The number of hydrogen-bond donors (Lipinski definition) is 1. The third kappa shape index (κ3) is 2.22. The highest BCUT2D eigenvalue weighted by molar-refractivity contribution is 7.98. The molecule has 0 atom stereocenters. The minimum Gasteiger partial charge on any atom is -0.312 e. The average Bonchev–Trinajstić information content (AvgIpc) is 2.57. The summed E-state index contributed by atoms with van der Waals surface area (Å²) in [5.41, 5.74) is 2.51. The van der Waals surface area contributed by atoms with Crippen LogP contribution in [-0.2, 0) is 0 Å². The van der Waals surface area contributed by atoms with Gasteiger partial charge in [0.15, 0.2) is 5.03 Å². The van der Waals surface area contributed by atoms with E-state index in [1.54, 1.807) is 13.3 Å².